The van der Waals surface area contributed by atoms with E-state index in [1.165, 1.54) is 24.3 Å². The topological polar surface area (TPSA) is 114 Å². The number of nitro groups is 1. The minimum absolute atomic E-state index is 0.105. The summed E-state index contributed by atoms with van der Waals surface area (Å²) in [7, 11) is 0. The lowest BCUT2D eigenvalue weighted by Gasteiger charge is -2.06. The Kier molecular flexibility index (Phi) is 4.42. The first-order chi connectivity index (χ1) is 10.5. The Morgan fingerprint density at radius 3 is 2.23 bits per heavy atom. The summed E-state index contributed by atoms with van der Waals surface area (Å²) in [6.45, 7) is 1.85. The highest BCUT2D eigenvalue weighted by Crippen LogP contribution is 2.15. The van der Waals surface area contributed by atoms with Gasteiger partial charge in [-0.25, -0.2) is 4.98 Å². The number of nitro benzene ring substituents is 1. The molecule has 1 aromatic carbocycles. The predicted octanol–water partition coefficient (Wildman–Crippen LogP) is 1.88. The van der Waals surface area contributed by atoms with Gasteiger partial charge in [0.05, 0.1) is 4.92 Å². The summed E-state index contributed by atoms with van der Waals surface area (Å²) in [4.78, 5) is 37.3. The number of aromatic nitrogens is 1. The molecular weight excluding hydrogens is 288 g/mol. The molecule has 0 fully saturated rings. The molecule has 2 amide bonds. The number of nitrogens with zero attached hydrogens (tertiary/aromatic N) is 2. The molecule has 1 aromatic heterocycles. The number of benzene rings is 1. The highest BCUT2D eigenvalue weighted by molar-refractivity contribution is 6.43. The number of amides is 2. The minimum Gasteiger partial charge on any atom is -0.318 e. The van der Waals surface area contributed by atoms with Crippen LogP contribution < -0.4 is 10.6 Å². The maximum Gasteiger partial charge on any atom is 0.315 e. The molecule has 0 aliphatic heterocycles. The van der Waals surface area contributed by atoms with E-state index < -0.39 is 16.7 Å². The number of carbonyl (C=O) groups excluding carboxylic acids is 2. The summed E-state index contributed by atoms with van der Waals surface area (Å²) >= 11 is 0. The van der Waals surface area contributed by atoms with Crippen LogP contribution in [-0.4, -0.2) is 21.7 Å². The summed E-state index contributed by atoms with van der Waals surface area (Å²) in [5, 5.41) is 15.2. The van der Waals surface area contributed by atoms with E-state index in [0.717, 1.165) is 5.56 Å². The molecule has 0 atom stereocenters. The average Bonchev–Trinajstić information content (AvgIpc) is 2.50. The van der Waals surface area contributed by atoms with Gasteiger partial charge in [0.15, 0.2) is 0 Å². The summed E-state index contributed by atoms with van der Waals surface area (Å²) in [6, 6.07) is 8.47. The van der Waals surface area contributed by atoms with Crippen LogP contribution in [0.2, 0.25) is 0 Å². The Labute approximate surface area is 125 Å². The second-order valence-corrected chi connectivity index (χ2v) is 4.43. The van der Waals surface area contributed by atoms with Crippen molar-refractivity contribution >= 4 is 29.0 Å². The van der Waals surface area contributed by atoms with Crippen LogP contribution in [-0.2, 0) is 9.59 Å². The van der Waals surface area contributed by atoms with Crippen LogP contribution in [0.4, 0.5) is 17.2 Å². The summed E-state index contributed by atoms with van der Waals surface area (Å²) in [6.07, 6.45) is 1.56. The number of carbonyl (C=O) groups is 2. The SMILES string of the molecule is Cc1ccc(NC(=O)C(=O)Nc2ccc([N+](=O)[O-])cc2)nc1. The van der Waals surface area contributed by atoms with Crippen LogP contribution in [0.1, 0.15) is 5.56 Å². The van der Waals surface area contributed by atoms with E-state index in [1.54, 1.807) is 18.3 Å². The minimum atomic E-state index is -0.892. The van der Waals surface area contributed by atoms with Crippen molar-refractivity contribution in [1.82, 2.24) is 4.98 Å². The fraction of sp³-hybridized carbons (Fsp3) is 0.0714. The molecule has 0 aliphatic carbocycles. The molecule has 0 aliphatic rings. The van der Waals surface area contributed by atoms with Crippen LogP contribution in [0.3, 0.4) is 0 Å². The molecule has 112 valence electrons. The van der Waals surface area contributed by atoms with E-state index in [1.807, 2.05) is 6.92 Å². The summed E-state index contributed by atoms with van der Waals surface area (Å²) < 4.78 is 0. The molecule has 0 saturated heterocycles. The Hall–Kier alpha value is -3.29. The number of nitrogens with one attached hydrogen (secondary N) is 2. The quantitative estimate of drug-likeness (QED) is 0.510. The monoisotopic (exact) mass is 300 g/mol. The molecule has 22 heavy (non-hydrogen) atoms. The van der Waals surface area contributed by atoms with Gasteiger partial charge in [-0.1, -0.05) is 6.07 Å². The van der Waals surface area contributed by atoms with Crippen LogP contribution in [0.15, 0.2) is 42.6 Å². The number of non-ortho nitro benzene ring substituents is 1. The molecule has 8 heteroatoms. The second-order valence-electron chi connectivity index (χ2n) is 4.43. The molecule has 2 aromatic rings. The van der Waals surface area contributed by atoms with Gasteiger partial charge in [0.25, 0.3) is 5.69 Å². The van der Waals surface area contributed by atoms with Gasteiger partial charge in [-0.15, -0.1) is 0 Å². The largest absolute Gasteiger partial charge is 0.318 e. The third-order valence-electron chi connectivity index (χ3n) is 2.70. The number of hydrogen-bond donors (Lipinski definition) is 2. The standard InChI is InChI=1S/C14H12N4O4/c1-9-2-7-12(15-8-9)17-14(20)13(19)16-10-3-5-11(6-4-10)18(21)22/h2-8H,1H3,(H,16,19)(H,15,17,20). The highest BCUT2D eigenvalue weighted by atomic mass is 16.6. The molecule has 1 heterocycles. The molecule has 0 unspecified atom stereocenters. The van der Waals surface area contributed by atoms with Gasteiger partial charge in [0.1, 0.15) is 5.82 Å². The van der Waals surface area contributed by atoms with Crippen molar-refractivity contribution in [3.63, 3.8) is 0 Å². The van der Waals surface area contributed by atoms with Crippen molar-refractivity contribution in [2.45, 2.75) is 6.92 Å². The smallest absolute Gasteiger partial charge is 0.315 e. The molecule has 2 N–H and O–H groups in total. The van der Waals surface area contributed by atoms with E-state index in [4.69, 9.17) is 0 Å². The van der Waals surface area contributed by atoms with Gasteiger partial charge in [0, 0.05) is 24.0 Å². The third kappa shape index (κ3) is 3.85. The maximum atomic E-state index is 11.7. The van der Waals surface area contributed by atoms with E-state index in [-0.39, 0.29) is 17.2 Å². The van der Waals surface area contributed by atoms with Crippen LogP contribution in [0, 0.1) is 17.0 Å². The molecular formula is C14H12N4O4. The number of rotatable bonds is 3. The Balaban J connectivity index is 1.97. The van der Waals surface area contributed by atoms with Crippen molar-refractivity contribution in [2.75, 3.05) is 10.6 Å². The fourth-order valence-electron chi connectivity index (χ4n) is 1.57. The lowest BCUT2D eigenvalue weighted by atomic mass is 10.3. The van der Waals surface area contributed by atoms with Gasteiger partial charge in [-0.05, 0) is 30.7 Å². The van der Waals surface area contributed by atoms with Crippen molar-refractivity contribution in [3.8, 4) is 0 Å². The molecule has 0 spiro atoms. The lowest BCUT2D eigenvalue weighted by molar-refractivity contribution is -0.384. The van der Waals surface area contributed by atoms with Crippen LogP contribution in [0.5, 0.6) is 0 Å². The average molecular weight is 300 g/mol. The second kappa shape index (κ2) is 6.44. The zero-order valence-corrected chi connectivity index (χ0v) is 11.6. The Bertz CT molecular complexity index is 711. The van der Waals surface area contributed by atoms with Crippen LogP contribution in [0.25, 0.3) is 0 Å². The first-order valence-corrected chi connectivity index (χ1v) is 6.25. The van der Waals surface area contributed by atoms with Crippen LogP contribution >= 0.6 is 0 Å². The molecule has 2 rings (SSSR count). The van der Waals surface area contributed by atoms with E-state index in [9.17, 15) is 19.7 Å². The molecule has 8 nitrogen and oxygen atoms in total. The summed E-state index contributed by atoms with van der Waals surface area (Å²) in [5.74, 6) is -1.51. The van der Waals surface area contributed by atoms with Gasteiger partial charge in [-0.3, -0.25) is 19.7 Å². The van der Waals surface area contributed by atoms with Gasteiger partial charge < -0.3 is 10.6 Å². The van der Waals surface area contributed by atoms with Crippen molar-refractivity contribution in [2.24, 2.45) is 0 Å². The van der Waals surface area contributed by atoms with Crippen molar-refractivity contribution < 1.29 is 14.5 Å². The first-order valence-electron chi connectivity index (χ1n) is 6.25. The molecule has 0 saturated carbocycles. The van der Waals surface area contributed by atoms with E-state index in [0.29, 0.717) is 0 Å². The number of hydrogen-bond acceptors (Lipinski definition) is 5. The van der Waals surface area contributed by atoms with Crippen molar-refractivity contribution in [3.05, 3.63) is 58.3 Å². The summed E-state index contributed by atoms with van der Waals surface area (Å²) in [5.41, 5.74) is 1.10. The Morgan fingerprint density at radius 1 is 1.05 bits per heavy atom. The number of anilines is 2. The fourth-order valence-corrected chi connectivity index (χ4v) is 1.57. The zero-order valence-electron chi connectivity index (χ0n) is 11.6. The van der Waals surface area contributed by atoms with Crippen molar-refractivity contribution in [1.29, 1.82) is 0 Å². The third-order valence-corrected chi connectivity index (χ3v) is 2.70. The maximum absolute atomic E-state index is 11.7. The molecule has 0 bridgehead atoms. The predicted molar refractivity (Wildman–Crippen MR) is 79.3 cm³/mol. The Morgan fingerprint density at radius 2 is 1.68 bits per heavy atom. The number of aryl methyl sites for hydroxylation is 1. The van der Waals surface area contributed by atoms with E-state index in [2.05, 4.69) is 15.6 Å². The van der Waals surface area contributed by atoms with Gasteiger partial charge in [-0.2, -0.15) is 0 Å². The van der Waals surface area contributed by atoms with Gasteiger partial charge >= 0.3 is 11.8 Å². The zero-order chi connectivity index (χ0) is 16.1. The first kappa shape index (κ1) is 15.1. The number of pyridine rings is 1. The molecule has 0 radical (unpaired) electrons. The highest BCUT2D eigenvalue weighted by Gasteiger charge is 2.15. The normalized spacial score (nSPS) is 9.86. The van der Waals surface area contributed by atoms with Gasteiger partial charge in [0.2, 0.25) is 0 Å². The lowest BCUT2D eigenvalue weighted by Crippen LogP contribution is -2.29. The van der Waals surface area contributed by atoms with E-state index >= 15 is 0 Å².